The van der Waals surface area contributed by atoms with E-state index in [4.69, 9.17) is 12.2 Å². The Balaban J connectivity index is 1.78. The number of hydrogen-bond acceptors (Lipinski definition) is 5. The molecule has 7 heteroatoms. The molecule has 1 aromatic rings. The first-order chi connectivity index (χ1) is 12.6. The van der Waals surface area contributed by atoms with Crippen molar-refractivity contribution in [3.05, 3.63) is 32.3 Å². The van der Waals surface area contributed by atoms with E-state index in [0.717, 1.165) is 45.2 Å². The van der Waals surface area contributed by atoms with E-state index in [1.165, 1.54) is 37.5 Å². The van der Waals surface area contributed by atoms with Crippen LogP contribution in [0.4, 0.5) is 0 Å². The maximum atomic E-state index is 12.2. The Bertz CT molecular complexity index is 786. The maximum absolute atomic E-state index is 12.2. The van der Waals surface area contributed by atoms with Gasteiger partial charge in [0.05, 0.1) is 6.21 Å². The first kappa shape index (κ1) is 18.9. The fourth-order valence-electron chi connectivity index (χ4n) is 3.59. The highest BCUT2D eigenvalue weighted by Crippen LogP contribution is 2.22. The maximum Gasteiger partial charge on any atom is 0.264 e. The van der Waals surface area contributed by atoms with Crippen molar-refractivity contribution in [2.45, 2.75) is 64.3 Å². The minimum atomic E-state index is -0.390. The van der Waals surface area contributed by atoms with E-state index >= 15 is 0 Å². The van der Waals surface area contributed by atoms with Gasteiger partial charge in [0.15, 0.2) is 4.77 Å². The lowest BCUT2D eigenvalue weighted by Crippen LogP contribution is -2.22. The average molecular weight is 377 g/mol. The molecule has 0 radical (unpaired) electrons. The molecule has 1 aliphatic heterocycles. The van der Waals surface area contributed by atoms with E-state index in [0.29, 0.717) is 6.54 Å². The zero-order chi connectivity index (χ0) is 18.4. The van der Waals surface area contributed by atoms with Crippen molar-refractivity contribution in [3.63, 3.8) is 0 Å². The van der Waals surface area contributed by atoms with Crippen LogP contribution in [0.1, 0.15) is 63.4 Å². The van der Waals surface area contributed by atoms with Gasteiger partial charge in [-0.05, 0) is 57.2 Å². The molecule has 0 aromatic carbocycles. The summed E-state index contributed by atoms with van der Waals surface area (Å²) in [6.07, 6.45) is 14.0. The highest BCUT2D eigenvalue weighted by atomic mass is 32.1. The molecular formula is C19H28N4O2S. The first-order valence-corrected chi connectivity index (χ1v) is 10.1. The summed E-state index contributed by atoms with van der Waals surface area (Å²) in [5.41, 5.74) is 1.20. The van der Waals surface area contributed by atoms with Gasteiger partial charge in [-0.1, -0.05) is 24.5 Å². The van der Waals surface area contributed by atoms with Gasteiger partial charge in [0.25, 0.3) is 5.56 Å². The molecule has 2 aliphatic rings. The molecule has 0 unspecified atom stereocenters. The molecule has 2 heterocycles. The normalized spacial score (nSPS) is 18.8. The number of H-pyrrole nitrogens is 1. The van der Waals surface area contributed by atoms with Gasteiger partial charge >= 0.3 is 0 Å². The summed E-state index contributed by atoms with van der Waals surface area (Å²) >= 11 is 5.25. The Morgan fingerprint density at radius 2 is 1.96 bits per heavy atom. The van der Waals surface area contributed by atoms with E-state index in [1.54, 1.807) is 4.57 Å². The second-order valence-electron chi connectivity index (χ2n) is 7.12. The molecule has 26 heavy (non-hydrogen) atoms. The topological polar surface area (TPSA) is 73.6 Å². The van der Waals surface area contributed by atoms with E-state index < -0.39 is 0 Å². The predicted octanol–water partition coefficient (Wildman–Crippen LogP) is 3.71. The summed E-state index contributed by atoms with van der Waals surface area (Å²) in [7, 11) is 0. The first-order valence-electron chi connectivity index (χ1n) is 9.68. The van der Waals surface area contributed by atoms with Gasteiger partial charge in [0, 0.05) is 19.6 Å². The molecule has 0 saturated carbocycles. The summed E-state index contributed by atoms with van der Waals surface area (Å²) in [5, 5.41) is 17.0. The minimum absolute atomic E-state index is 0.0891. The molecule has 6 nitrogen and oxygen atoms in total. The second kappa shape index (κ2) is 9.16. The van der Waals surface area contributed by atoms with Crippen molar-refractivity contribution in [3.8, 4) is 5.88 Å². The van der Waals surface area contributed by atoms with Crippen molar-refractivity contribution in [1.82, 2.24) is 14.6 Å². The Morgan fingerprint density at radius 1 is 1.19 bits per heavy atom. The summed E-state index contributed by atoms with van der Waals surface area (Å²) in [6, 6.07) is 0. The van der Waals surface area contributed by atoms with Crippen molar-refractivity contribution >= 4 is 18.4 Å². The van der Waals surface area contributed by atoms with Crippen molar-refractivity contribution in [2.75, 3.05) is 13.1 Å². The van der Waals surface area contributed by atoms with Crippen LogP contribution in [0.3, 0.4) is 0 Å². The quantitative estimate of drug-likeness (QED) is 0.467. The number of aromatic nitrogens is 2. The molecule has 1 aliphatic carbocycles. The smallest absolute Gasteiger partial charge is 0.264 e. The standard InChI is InChI=1S/C19H28N4O2S/c24-17-16(14-20-22-11-6-1-2-7-12-22)18(25)23(19(26)21-17)13-10-15-8-4-3-5-9-15/h8,14,25H,1-7,9-13H2,(H,21,24,26)/b20-14+. The zero-order valence-corrected chi connectivity index (χ0v) is 16.1. The number of aromatic amines is 1. The summed E-state index contributed by atoms with van der Waals surface area (Å²) in [5.74, 6) is -0.0891. The molecule has 1 aromatic heterocycles. The van der Waals surface area contributed by atoms with Crippen molar-refractivity contribution < 1.29 is 5.11 Å². The average Bonchev–Trinajstić information content (AvgIpc) is 2.91. The van der Waals surface area contributed by atoms with Crippen LogP contribution >= 0.6 is 12.2 Å². The molecule has 2 N–H and O–H groups in total. The molecule has 1 saturated heterocycles. The number of allylic oxidation sites excluding steroid dienone is 2. The summed E-state index contributed by atoms with van der Waals surface area (Å²) in [4.78, 5) is 14.9. The van der Waals surface area contributed by atoms with Gasteiger partial charge in [-0.2, -0.15) is 5.10 Å². The van der Waals surface area contributed by atoms with Crippen LogP contribution in [-0.2, 0) is 6.54 Å². The van der Waals surface area contributed by atoms with Crippen LogP contribution in [0, 0.1) is 4.77 Å². The molecule has 0 spiro atoms. The lowest BCUT2D eigenvalue weighted by molar-refractivity contribution is 0.302. The van der Waals surface area contributed by atoms with Crippen molar-refractivity contribution in [2.24, 2.45) is 5.10 Å². The highest BCUT2D eigenvalue weighted by Gasteiger charge is 2.13. The van der Waals surface area contributed by atoms with E-state index in [2.05, 4.69) is 16.2 Å². The number of nitrogens with zero attached hydrogens (tertiary/aromatic N) is 3. The van der Waals surface area contributed by atoms with Crippen LogP contribution in [0.15, 0.2) is 21.5 Å². The predicted molar refractivity (Wildman–Crippen MR) is 106 cm³/mol. The third-order valence-corrected chi connectivity index (χ3v) is 5.50. The van der Waals surface area contributed by atoms with Gasteiger partial charge in [-0.25, -0.2) is 0 Å². The summed E-state index contributed by atoms with van der Waals surface area (Å²) in [6.45, 7) is 2.35. The van der Waals surface area contributed by atoms with Gasteiger partial charge in [0.1, 0.15) is 5.56 Å². The molecule has 142 valence electrons. The van der Waals surface area contributed by atoms with Crippen LogP contribution in [0.5, 0.6) is 5.88 Å². The number of aromatic hydroxyl groups is 1. The van der Waals surface area contributed by atoms with Crippen molar-refractivity contribution in [1.29, 1.82) is 0 Å². The largest absolute Gasteiger partial charge is 0.494 e. The van der Waals surface area contributed by atoms with Gasteiger partial charge < -0.3 is 5.11 Å². The molecule has 3 rings (SSSR count). The Labute approximate surface area is 159 Å². The molecule has 0 atom stereocenters. The third kappa shape index (κ3) is 4.84. The van der Waals surface area contributed by atoms with Crippen LogP contribution in [-0.4, -0.2) is 39.0 Å². The number of nitrogens with one attached hydrogen (secondary N) is 1. The lowest BCUT2D eigenvalue weighted by atomic mass is 9.97. The van der Waals surface area contributed by atoms with Gasteiger partial charge in [-0.3, -0.25) is 19.4 Å². The van der Waals surface area contributed by atoms with E-state index in [9.17, 15) is 9.90 Å². The second-order valence-corrected chi connectivity index (χ2v) is 7.51. The molecule has 0 amide bonds. The third-order valence-electron chi connectivity index (χ3n) is 5.18. The lowest BCUT2D eigenvalue weighted by Gasteiger charge is -2.17. The van der Waals surface area contributed by atoms with Crippen LogP contribution in [0.2, 0.25) is 0 Å². The fourth-order valence-corrected chi connectivity index (χ4v) is 3.87. The Morgan fingerprint density at radius 3 is 2.65 bits per heavy atom. The Hall–Kier alpha value is -1.89. The summed E-state index contributed by atoms with van der Waals surface area (Å²) < 4.78 is 1.87. The number of hydrazone groups is 1. The number of hydrogen-bond donors (Lipinski definition) is 2. The molecular weight excluding hydrogens is 348 g/mol. The van der Waals surface area contributed by atoms with Crippen LogP contribution in [0.25, 0.3) is 0 Å². The van der Waals surface area contributed by atoms with E-state index in [-0.39, 0.29) is 21.8 Å². The van der Waals surface area contributed by atoms with Gasteiger partial charge in [-0.15, -0.1) is 0 Å². The monoisotopic (exact) mass is 376 g/mol. The molecule has 1 fully saturated rings. The zero-order valence-electron chi connectivity index (χ0n) is 15.2. The SMILES string of the molecule is O=c1[nH]c(=S)n(CCC2=CCCCC2)c(O)c1/C=N/N1CCCCCC1. The highest BCUT2D eigenvalue weighted by molar-refractivity contribution is 7.71. The fraction of sp³-hybridized carbons (Fsp3) is 0.632. The number of rotatable bonds is 5. The van der Waals surface area contributed by atoms with E-state index in [1.807, 2.05) is 5.01 Å². The Kier molecular flexibility index (Phi) is 6.66. The molecule has 0 bridgehead atoms. The minimum Gasteiger partial charge on any atom is -0.494 e. The van der Waals surface area contributed by atoms with Gasteiger partial charge in [0.2, 0.25) is 5.88 Å². The van der Waals surface area contributed by atoms with Crippen LogP contribution < -0.4 is 5.56 Å².